The van der Waals surface area contributed by atoms with Crippen molar-refractivity contribution in [1.82, 2.24) is 4.90 Å². The van der Waals surface area contributed by atoms with Crippen LogP contribution in [-0.4, -0.2) is 42.3 Å². The van der Waals surface area contributed by atoms with Gasteiger partial charge in [-0.3, -0.25) is 14.4 Å². The van der Waals surface area contributed by atoms with Gasteiger partial charge in [-0.05, 0) is 6.42 Å². The van der Waals surface area contributed by atoms with Crippen molar-refractivity contribution in [3.8, 4) is 0 Å². The molecule has 0 aromatic rings. The predicted octanol–water partition coefficient (Wildman–Crippen LogP) is -2.23. The van der Waals surface area contributed by atoms with Gasteiger partial charge in [0, 0.05) is 6.54 Å². The first kappa shape index (κ1) is 14.4. The topological polar surface area (TPSA) is 133 Å². The lowest BCUT2D eigenvalue weighted by atomic mass is 10.1. The van der Waals surface area contributed by atoms with Crippen molar-refractivity contribution >= 4 is 17.7 Å². The molecule has 0 aromatic heterocycles. The number of hydrogen-bond donors (Lipinski definition) is 3. The summed E-state index contributed by atoms with van der Waals surface area (Å²) in [4.78, 5) is 34.3. The molecule has 1 atom stereocenters. The molecule has 0 aromatic carbocycles. The fourth-order valence-electron chi connectivity index (χ4n) is 1.29. The number of rotatable bonds is 7. The molecule has 0 heterocycles. The summed E-state index contributed by atoms with van der Waals surface area (Å²) in [7, 11) is 0. The van der Waals surface area contributed by atoms with Crippen molar-refractivity contribution in [3.05, 3.63) is 0 Å². The molecule has 0 saturated heterocycles. The molecule has 7 nitrogen and oxygen atoms in total. The Hall–Kier alpha value is -1.63. The Labute approximate surface area is 93.9 Å². The first-order valence-electron chi connectivity index (χ1n) is 4.97. The molecule has 0 fully saturated rings. The van der Waals surface area contributed by atoms with Gasteiger partial charge in [0.15, 0.2) is 0 Å². The van der Waals surface area contributed by atoms with Crippen LogP contribution in [0, 0.1) is 5.92 Å². The van der Waals surface area contributed by atoms with E-state index in [4.69, 9.17) is 17.2 Å². The lowest BCUT2D eigenvalue weighted by Crippen LogP contribution is -2.47. The third-order valence-corrected chi connectivity index (χ3v) is 2.13. The van der Waals surface area contributed by atoms with Crippen LogP contribution in [0.2, 0.25) is 0 Å². The van der Waals surface area contributed by atoms with E-state index < -0.39 is 17.7 Å². The van der Waals surface area contributed by atoms with Gasteiger partial charge >= 0.3 is 0 Å². The van der Waals surface area contributed by atoms with E-state index in [0.717, 1.165) is 4.90 Å². The monoisotopic (exact) mass is 230 g/mol. The minimum atomic E-state index is -0.693. The van der Waals surface area contributed by atoms with Crippen molar-refractivity contribution in [3.63, 3.8) is 0 Å². The summed E-state index contributed by atoms with van der Waals surface area (Å²) in [6.45, 7) is 1.31. The molecule has 92 valence electrons. The summed E-state index contributed by atoms with van der Waals surface area (Å²) in [6.07, 6.45) is 0.531. The summed E-state index contributed by atoms with van der Waals surface area (Å²) in [5, 5.41) is 0. The van der Waals surface area contributed by atoms with Gasteiger partial charge in [0.25, 0.3) is 0 Å². The SMILES string of the molecule is CCC(CN)C(=O)N(CC(N)=O)CC(N)=O. The standard InChI is InChI=1S/C9H18N4O3/c1-2-6(3-10)9(16)13(4-7(11)14)5-8(12)15/h6H,2-5,10H2,1H3,(H2,11,14)(H2,12,15). The van der Waals surface area contributed by atoms with Gasteiger partial charge in [0.05, 0.1) is 19.0 Å². The lowest BCUT2D eigenvalue weighted by Gasteiger charge is -2.23. The Kier molecular flexibility index (Phi) is 6.09. The molecule has 7 heteroatoms. The summed E-state index contributed by atoms with van der Waals surface area (Å²) >= 11 is 0. The van der Waals surface area contributed by atoms with Crippen molar-refractivity contribution < 1.29 is 14.4 Å². The molecule has 0 spiro atoms. The molecule has 0 aliphatic heterocycles. The van der Waals surface area contributed by atoms with Gasteiger partial charge in [0.2, 0.25) is 17.7 Å². The first-order chi connectivity index (χ1) is 7.42. The first-order valence-corrected chi connectivity index (χ1v) is 4.97. The number of nitrogens with two attached hydrogens (primary N) is 3. The van der Waals surface area contributed by atoms with E-state index in [1.807, 2.05) is 0 Å². The molecule has 0 rings (SSSR count). The van der Waals surface area contributed by atoms with Gasteiger partial charge in [-0.25, -0.2) is 0 Å². The van der Waals surface area contributed by atoms with E-state index in [2.05, 4.69) is 0 Å². The third-order valence-electron chi connectivity index (χ3n) is 2.13. The molecular weight excluding hydrogens is 212 g/mol. The van der Waals surface area contributed by atoms with E-state index in [-0.39, 0.29) is 25.5 Å². The Balaban J connectivity index is 4.66. The highest BCUT2D eigenvalue weighted by atomic mass is 16.2. The molecule has 0 saturated carbocycles. The lowest BCUT2D eigenvalue weighted by molar-refractivity contribution is -0.141. The Morgan fingerprint density at radius 2 is 1.56 bits per heavy atom. The van der Waals surface area contributed by atoms with Crippen LogP contribution < -0.4 is 17.2 Å². The van der Waals surface area contributed by atoms with Crippen LogP contribution in [0.25, 0.3) is 0 Å². The molecule has 16 heavy (non-hydrogen) atoms. The van der Waals surface area contributed by atoms with E-state index >= 15 is 0 Å². The molecule has 3 amide bonds. The highest BCUT2D eigenvalue weighted by Gasteiger charge is 2.24. The van der Waals surface area contributed by atoms with Crippen molar-refractivity contribution in [1.29, 1.82) is 0 Å². The number of carbonyl (C=O) groups excluding carboxylic acids is 3. The highest BCUT2D eigenvalue weighted by Crippen LogP contribution is 2.05. The molecule has 0 radical (unpaired) electrons. The fraction of sp³-hybridized carbons (Fsp3) is 0.667. The molecule has 6 N–H and O–H groups in total. The predicted molar refractivity (Wildman–Crippen MR) is 57.8 cm³/mol. The van der Waals surface area contributed by atoms with Crippen LogP contribution in [-0.2, 0) is 14.4 Å². The van der Waals surface area contributed by atoms with Crippen LogP contribution in [0.15, 0.2) is 0 Å². The van der Waals surface area contributed by atoms with Crippen molar-refractivity contribution in [2.75, 3.05) is 19.6 Å². The maximum atomic E-state index is 11.8. The molecular formula is C9H18N4O3. The van der Waals surface area contributed by atoms with Crippen LogP contribution in [0.4, 0.5) is 0 Å². The average Bonchev–Trinajstić information content (AvgIpc) is 2.17. The van der Waals surface area contributed by atoms with Gasteiger partial charge < -0.3 is 22.1 Å². The Bertz CT molecular complexity index is 260. The third kappa shape index (κ3) is 4.74. The zero-order valence-electron chi connectivity index (χ0n) is 9.31. The van der Waals surface area contributed by atoms with Gasteiger partial charge in [-0.2, -0.15) is 0 Å². The smallest absolute Gasteiger partial charge is 0.237 e. The number of primary amides is 2. The van der Waals surface area contributed by atoms with Crippen molar-refractivity contribution in [2.24, 2.45) is 23.1 Å². The number of nitrogens with zero attached hydrogens (tertiary/aromatic N) is 1. The van der Waals surface area contributed by atoms with Crippen LogP contribution in [0.1, 0.15) is 13.3 Å². The summed E-state index contributed by atoms with van der Waals surface area (Å²) in [6, 6.07) is 0. The second-order valence-electron chi connectivity index (χ2n) is 3.47. The van der Waals surface area contributed by atoms with Crippen LogP contribution in [0.3, 0.4) is 0 Å². The molecule has 1 unspecified atom stereocenters. The second kappa shape index (κ2) is 6.78. The summed E-state index contributed by atoms with van der Waals surface area (Å²) < 4.78 is 0. The maximum absolute atomic E-state index is 11.8. The van der Waals surface area contributed by atoms with Gasteiger partial charge in [-0.1, -0.05) is 6.92 Å². The normalized spacial score (nSPS) is 11.9. The highest BCUT2D eigenvalue weighted by molar-refractivity contribution is 5.89. The minimum Gasteiger partial charge on any atom is -0.368 e. The van der Waals surface area contributed by atoms with Crippen molar-refractivity contribution in [2.45, 2.75) is 13.3 Å². The zero-order valence-corrected chi connectivity index (χ0v) is 9.31. The van der Waals surface area contributed by atoms with E-state index in [0.29, 0.717) is 6.42 Å². The largest absolute Gasteiger partial charge is 0.368 e. The van der Waals surface area contributed by atoms with Crippen LogP contribution >= 0.6 is 0 Å². The zero-order chi connectivity index (χ0) is 12.7. The fourth-order valence-corrected chi connectivity index (χ4v) is 1.29. The maximum Gasteiger partial charge on any atom is 0.237 e. The summed E-state index contributed by atoms with van der Waals surface area (Å²) in [5.74, 6) is -2.18. The number of carbonyl (C=O) groups is 3. The van der Waals surface area contributed by atoms with Crippen LogP contribution in [0.5, 0.6) is 0 Å². The van der Waals surface area contributed by atoms with E-state index in [1.165, 1.54) is 0 Å². The average molecular weight is 230 g/mol. The Morgan fingerprint density at radius 1 is 1.12 bits per heavy atom. The quantitative estimate of drug-likeness (QED) is 0.456. The molecule has 0 aliphatic rings. The van der Waals surface area contributed by atoms with Gasteiger partial charge in [0.1, 0.15) is 0 Å². The minimum absolute atomic E-state index is 0.156. The molecule has 0 aliphatic carbocycles. The summed E-state index contributed by atoms with van der Waals surface area (Å²) in [5.41, 5.74) is 15.4. The van der Waals surface area contributed by atoms with E-state index in [1.54, 1.807) is 6.92 Å². The Morgan fingerprint density at radius 3 is 1.81 bits per heavy atom. The molecule has 0 bridgehead atoms. The van der Waals surface area contributed by atoms with E-state index in [9.17, 15) is 14.4 Å². The number of amides is 3. The second-order valence-corrected chi connectivity index (χ2v) is 3.47. The number of hydrogen-bond acceptors (Lipinski definition) is 4. The van der Waals surface area contributed by atoms with Gasteiger partial charge in [-0.15, -0.1) is 0 Å².